The number of primary amides is 1. The fraction of sp³-hybridized carbons (Fsp3) is 0.176. The van der Waals surface area contributed by atoms with Crippen molar-refractivity contribution in [3.05, 3.63) is 59.0 Å². The summed E-state index contributed by atoms with van der Waals surface area (Å²) in [5.74, 6) is 4.99. The molecule has 0 saturated carbocycles. The highest BCUT2D eigenvalue weighted by atomic mass is 19.3. The van der Waals surface area contributed by atoms with Crippen molar-refractivity contribution in [1.82, 2.24) is 20.2 Å². The first-order chi connectivity index (χ1) is 13.3. The molecule has 146 valence electrons. The number of aromatic nitrogens is 3. The molecule has 1 aromatic carbocycles. The molecule has 0 aliphatic heterocycles. The molecule has 0 spiro atoms. The van der Waals surface area contributed by atoms with Crippen LogP contribution in [0.3, 0.4) is 0 Å². The third-order valence-electron chi connectivity index (χ3n) is 4.31. The average Bonchev–Trinajstić information content (AvgIpc) is 2.98. The van der Waals surface area contributed by atoms with Crippen molar-refractivity contribution in [3.63, 3.8) is 0 Å². The maximum absolute atomic E-state index is 14.6. The molecule has 0 fully saturated rings. The molecule has 0 atom stereocenters. The Balaban J connectivity index is 2.12. The maximum atomic E-state index is 14.6. The first-order valence-electron chi connectivity index (χ1n) is 8.13. The van der Waals surface area contributed by atoms with Gasteiger partial charge in [0, 0.05) is 22.7 Å². The first kappa shape index (κ1) is 19.2. The van der Waals surface area contributed by atoms with E-state index in [0.29, 0.717) is 22.2 Å². The van der Waals surface area contributed by atoms with Crippen LogP contribution in [0.4, 0.5) is 8.78 Å². The summed E-state index contributed by atoms with van der Waals surface area (Å²) in [6.45, 7) is 1.88. The van der Waals surface area contributed by atoms with E-state index in [4.69, 9.17) is 17.4 Å². The quantitative estimate of drug-likeness (QED) is 0.219. The van der Waals surface area contributed by atoms with Gasteiger partial charge in [0.25, 0.3) is 5.91 Å². The number of pyridine rings is 1. The highest BCUT2D eigenvalue weighted by Gasteiger charge is 2.39. The van der Waals surface area contributed by atoms with Crippen molar-refractivity contribution in [1.29, 1.82) is 0 Å². The molecule has 28 heavy (non-hydrogen) atoms. The van der Waals surface area contributed by atoms with Crippen molar-refractivity contribution in [2.75, 3.05) is 0 Å². The first-order valence-corrected chi connectivity index (χ1v) is 8.13. The fourth-order valence-corrected chi connectivity index (χ4v) is 2.95. The van der Waals surface area contributed by atoms with Crippen molar-refractivity contribution >= 4 is 22.6 Å². The molecule has 3 aromatic rings. The van der Waals surface area contributed by atoms with Gasteiger partial charge in [0.1, 0.15) is 5.69 Å². The highest BCUT2D eigenvalue weighted by Crippen LogP contribution is 2.32. The van der Waals surface area contributed by atoms with Crippen molar-refractivity contribution in [2.45, 2.75) is 19.4 Å². The second kappa shape index (κ2) is 7.19. The number of carbonyl (C=O) groups excluding carboxylic acids is 1. The summed E-state index contributed by atoms with van der Waals surface area (Å²) in [5.41, 5.74) is 8.48. The summed E-state index contributed by atoms with van der Waals surface area (Å²) in [4.78, 5) is 15.6. The van der Waals surface area contributed by atoms with E-state index < -0.39 is 17.7 Å². The van der Waals surface area contributed by atoms with E-state index in [1.165, 1.54) is 29.1 Å². The zero-order valence-electron chi connectivity index (χ0n) is 14.9. The Morgan fingerprint density at radius 1 is 1.36 bits per heavy atom. The van der Waals surface area contributed by atoms with E-state index in [9.17, 15) is 13.6 Å². The van der Waals surface area contributed by atoms with E-state index in [1.807, 2.05) is 5.43 Å². The second-order valence-corrected chi connectivity index (χ2v) is 6.05. The zero-order valence-corrected chi connectivity index (χ0v) is 14.9. The number of amides is 1. The van der Waals surface area contributed by atoms with Crippen LogP contribution in [0.2, 0.25) is 0 Å². The Hall–Kier alpha value is -3.60. The van der Waals surface area contributed by atoms with Gasteiger partial charge < -0.3 is 17.0 Å². The van der Waals surface area contributed by atoms with Crippen LogP contribution < -0.4 is 22.8 Å². The van der Waals surface area contributed by atoms with Gasteiger partial charge in [-0.15, -0.1) is 0 Å². The minimum absolute atomic E-state index is 0.0928. The van der Waals surface area contributed by atoms with Crippen LogP contribution in [-0.2, 0) is 12.5 Å². The summed E-state index contributed by atoms with van der Waals surface area (Å²) in [6.07, 6.45) is 1.45. The van der Waals surface area contributed by atoms with E-state index in [2.05, 4.69) is 15.2 Å². The number of nitrogens with one attached hydrogen (secondary N) is 1. The number of carbonyl (C=O) groups is 1. The SMILES string of the molecule is Cc1nn(Cc2cccnc2C(N)=O)c2cc(C(F)(F)/C(=N/N)NN)ccc12. The smallest absolute Gasteiger partial charge is 0.332 e. The van der Waals surface area contributed by atoms with Crippen molar-refractivity contribution in [2.24, 2.45) is 22.5 Å². The molecule has 7 N–H and O–H groups in total. The van der Waals surface area contributed by atoms with Crippen molar-refractivity contribution < 1.29 is 13.6 Å². The summed E-state index contributed by atoms with van der Waals surface area (Å²) in [6, 6.07) is 7.38. The number of rotatable bonds is 5. The lowest BCUT2D eigenvalue weighted by molar-refractivity contribution is 0.0714. The number of benzene rings is 1. The summed E-state index contributed by atoms with van der Waals surface area (Å²) < 4.78 is 30.8. The maximum Gasteiger partial charge on any atom is 0.332 e. The average molecular weight is 388 g/mol. The Morgan fingerprint density at radius 2 is 2.11 bits per heavy atom. The predicted octanol–water partition coefficient (Wildman–Crippen LogP) is 0.714. The zero-order chi connectivity index (χ0) is 20.5. The Bertz CT molecular complexity index is 1080. The fourth-order valence-electron chi connectivity index (χ4n) is 2.95. The number of aryl methyl sites for hydroxylation is 1. The normalized spacial score (nSPS) is 12.4. The van der Waals surface area contributed by atoms with Gasteiger partial charge in [0.05, 0.1) is 17.8 Å². The second-order valence-electron chi connectivity index (χ2n) is 6.05. The standard InChI is InChI=1S/C17H18F2N8O/c1-9-12-5-4-11(17(18,19)16(24-21)25-22)7-13(12)27(26-9)8-10-3-2-6-23-14(10)15(20)28/h2-7H,8,21-22H2,1H3,(H2,20,28)(H,24,25). The van der Waals surface area contributed by atoms with E-state index in [0.717, 1.165) is 0 Å². The molecule has 0 aliphatic rings. The minimum atomic E-state index is -3.53. The topological polar surface area (TPSA) is 150 Å². The number of nitrogens with two attached hydrogens (primary N) is 3. The summed E-state index contributed by atoms with van der Waals surface area (Å²) in [5, 5.41) is 8.08. The summed E-state index contributed by atoms with van der Waals surface area (Å²) in [7, 11) is 0. The number of nitrogens with zero attached hydrogens (tertiary/aromatic N) is 4. The number of amidine groups is 1. The van der Waals surface area contributed by atoms with Crippen molar-refractivity contribution in [3.8, 4) is 0 Å². The Labute approximate surface area is 158 Å². The van der Waals surface area contributed by atoms with E-state index in [-0.39, 0.29) is 17.8 Å². The van der Waals surface area contributed by atoms with Crippen LogP contribution in [0.15, 0.2) is 41.6 Å². The minimum Gasteiger partial charge on any atom is -0.364 e. The van der Waals surface area contributed by atoms with Gasteiger partial charge in [-0.3, -0.25) is 14.5 Å². The van der Waals surface area contributed by atoms with Gasteiger partial charge in [-0.2, -0.15) is 19.0 Å². The van der Waals surface area contributed by atoms with E-state index in [1.54, 1.807) is 19.1 Å². The molecule has 2 aromatic heterocycles. The number of hydrogen-bond acceptors (Lipinski definition) is 6. The summed E-state index contributed by atoms with van der Waals surface area (Å²) >= 11 is 0. The molecule has 2 heterocycles. The van der Waals surface area contributed by atoms with Gasteiger partial charge in [-0.1, -0.05) is 18.2 Å². The molecule has 0 bridgehead atoms. The molecule has 0 aliphatic carbocycles. The number of hydrazine groups is 1. The lowest BCUT2D eigenvalue weighted by Gasteiger charge is -2.18. The van der Waals surface area contributed by atoms with Crippen LogP contribution in [-0.4, -0.2) is 26.5 Å². The molecule has 1 amide bonds. The number of fused-ring (bicyclic) bond motifs is 1. The Morgan fingerprint density at radius 3 is 2.75 bits per heavy atom. The van der Waals surface area contributed by atoms with Gasteiger partial charge in [0.2, 0.25) is 5.84 Å². The van der Waals surface area contributed by atoms with Gasteiger partial charge in [-0.05, 0) is 19.1 Å². The molecule has 0 radical (unpaired) electrons. The number of hydrazone groups is 1. The van der Waals surface area contributed by atoms with Crippen LogP contribution in [0.5, 0.6) is 0 Å². The van der Waals surface area contributed by atoms with Gasteiger partial charge >= 0.3 is 5.92 Å². The molecule has 9 nitrogen and oxygen atoms in total. The molecular formula is C17H18F2N8O. The van der Waals surface area contributed by atoms with Crippen LogP contribution in [0, 0.1) is 6.92 Å². The van der Waals surface area contributed by atoms with E-state index >= 15 is 0 Å². The predicted molar refractivity (Wildman–Crippen MR) is 99.2 cm³/mol. The van der Waals surface area contributed by atoms with Crippen LogP contribution in [0.25, 0.3) is 10.9 Å². The number of hydrogen-bond donors (Lipinski definition) is 4. The largest absolute Gasteiger partial charge is 0.364 e. The van der Waals surface area contributed by atoms with Gasteiger partial charge in [-0.25, -0.2) is 5.84 Å². The lowest BCUT2D eigenvalue weighted by atomic mass is 10.0. The third kappa shape index (κ3) is 3.22. The monoisotopic (exact) mass is 388 g/mol. The number of alkyl halides is 2. The molecule has 0 unspecified atom stereocenters. The third-order valence-corrected chi connectivity index (χ3v) is 4.31. The molecular weight excluding hydrogens is 370 g/mol. The van der Waals surface area contributed by atoms with Crippen LogP contribution >= 0.6 is 0 Å². The van der Waals surface area contributed by atoms with Crippen LogP contribution in [0.1, 0.15) is 27.3 Å². The number of halogens is 2. The lowest BCUT2D eigenvalue weighted by Crippen LogP contribution is -2.43. The van der Waals surface area contributed by atoms with Gasteiger partial charge in [0.15, 0.2) is 0 Å². The molecule has 0 saturated heterocycles. The molecule has 11 heteroatoms. The molecule has 3 rings (SSSR count). The Kier molecular flexibility index (Phi) is 4.92. The highest BCUT2D eigenvalue weighted by molar-refractivity contribution is 5.93.